The highest BCUT2D eigenvalue weighted by Crippen LogP contribution is 2.38. The van der Waals surface area contributed by atoms with Crippen LogP contribution in [0.2, 0.25) is 0 Å². The standard InChI is InChI=1S/C19H22N6O3S/c1-10-2-3-14(15-5-11(6-20)17(22)29-15)25(9-10)19(28)18(27)24-13-4-12(16(21)26)7-23-8-13/h4-8,10,14,20H,2-3,9,22H2,1H3,(H2,21,26)(H,24,27)/t10-,14?/m0/s1. The first kappa shape index (κ1) is 20.5. The van der Waals surface area contributed by atoms with Gasteiger partial charge in [-0.15, -0.1) is 11.3 Å². The Morgan fingerprint density at radius 1 is 1.31 bits per heavy atom. The lowest BCUT2D eigenvalue weighted by molar-refractivity contribution is -0.146. The van der Waals surface area contributed by atoms with Crippen LogP contribution in [0.15, 0.2) is 24.5 Å². The fraction of sp³-hybridized carbons (Fsp3) is 0.316. The van der Waals surface area contributed by atoms with E-state index < -0.39 is 17.7 Å². The summed E-state index contributed by atoms with van der Waals surface area (Å²) in [5.41, 5.74) is 12.1. The van der Waals surface area contributed by atoms with E-state index in [2.05, 4.69) is 10.3 Å². The Labute approximate surface area is 171 Å². The summed E-state index contributed by atoms with van der Waals surface area (Å²) in [6.45, 7) is 2.47. The number of thiophene rings is 1. The lowest BCUT2D eigenvalue weighted by Gasteiger charge is -2.37. The van der Waals surface area contributed by atoms with Gasteiger partial charge in [0.1, 0.15) is 0 Å². The van der Waals surface area contributed by atoms with Crippen LogP contribution >= 0.6 is 11.3 Å². The molecule has 1 unspecified atom stereocenters. The fourth-order valence-corrected chi connectivity index (χ4v) is 4.40. The summed E-state index contributed by atoms with van der Waals surface area (Å²) in [5, 5.41) is 10.4. The molecule has 0 spiro atoms. The molecule has 1 saturated heterocycles. The van der Waals surface area contributed by atoms with Crippen molar-refractivity contribution >= 4 is 46.0 Å². The first-order valence-electron chi connectivity index (χ1n) is 9.06. The van der Waals surface area contributed by atoms with E-state index in [-0.39, 0.29) is 23.2 Å². The SMILES string of the molecule is C[C@H]1CCC(c2cc(C=N)c(N)s2)N(C(=O)C(=O)Nc2cncc(C(N)=O)c2)C1. The topological polar surface area (TPSA) is 155 Å². The predicted molar refractivity (Wildman–Crippen MR) is 111 cm³/mol. The summed E-state index contributed by atoms with van der Waals surface area (Å²) in [4.78, 5) is 43.1. The Morgan fingerprint density at radius 3 is 2.72 bits per heavy atom. The number of aromatic nitrogens is 1. The molecule has 3 amide bonds. The lowest BCUT2D eigenvalue weighted by atomic mass is 9.93. The molecule has 152 valence electrons. The number of nitrogens with two attached hydrogens (primary N) is 2. The zero-order valence-corrected chi connectivity index (χ0v) is 16.7. The third kappa shape index (κ3) is 4.43. The van der Waals surface area contributed by atoms with E-state index in [4.69, 9.17) is 16.9 Å². The molecule has 3 heterocycles. The van der Waals surface area contributed by atoms with Crippen LogP contribution in [-0.2, 0) is 9.59 Å². The van der Waals surface area contributed by atoms with Crippen LogP contribution in [0.25, 0.3) is 0 Å². The van der Waals surface area contributed by atoms with Gasteiger partial charge in [-0.3, -0.25) is 19.4 Å². The largest absolute Gasteiger partial charge is 0.390 e. The van der Waals surface area contributed by atoms with Crippen LogP contribution in [0.5, 0.6) is 0 Å². The van der Waals surface area contributed by atoms with Crippen molar-refractivity contribution in [1.29, 1.82) is 5.41 Å². The number of hydrogen-bond acceptors (Lipinski definition) is 7. The molecule has 2 aromatic rings. The average molecular weight is 414 g/mol. The van der Waals surface area contributed by atoms with Crippen LogP contribution in [-0.4, -0.2) is 40.4 Å². The van der Waals surface area contributed by atoms with Gasteiger partial charge >= 0.3 is 11.8 Å². The van der Waals surface area contributed by atoms with Crippen molar-refractivity contribution in [3.8, 4) is 0 Å². The first-order chi connectivity index (χ1) is 13.8. The molecule has 9 nitrogen and oxygen atoms in total. The van der Waals surface area contributed by atoms with Gasteiger partial charge in [-0.2, -0.15) is 0 Å². The van der Waals surface area contributed by atoms with E-state index >= 15 is 0 Å². The minimum absolute atomic E-state index is 0.132. The van der Waals surface area contributed by atoms with Gasteiger partial charge in [-0.1, -0.05) is 6.92 Å². The predicted octanol–water partition coefficient (Wildman–Crippen LogP) is 1.76. The number of primary amides is 1. The van der Waals surface area contributed by atoms with Crippen molar-refractivity contribution in [3.05, 3.63) is 40.5 Å². The van der Waals surface area contributed by atoms with E-state index in [1.165, 1.54) is 36.0 Å². The van der Waals surface area contributed by atoms with Gasteiger partial charge in [-0.05, 0) is 30.9 Å². The van der Waals surface area contributed by atoms with Crippen LogP contribution in [0.3, 0.4) is 0 Å². The minimum atomic E-state index is -0.815. The summed E-state index contributed by atoms with van der Waals surface area (Å²) in [7, 11) is 0. The van der Waals surface area contributed by atoms with Crippen molar-refractivity contribution < 1.29 is 14.4 Å². The molecular weight excluding hydrogens is 392 g/mol. The maximum atomic E-state index is 12.9. The van der Waals surface area contributed by atoms with Gasteiger partial charge < -0.3 is 27.1 Å². The Morgan fingerprint density at radius 2 is 2.07 bits per heavy atom. The third-order valence-electron chi connectivity index (χ3n) is 4.85. The first-order valence-corrected chi connectivity index (χ1v) is 9.88. The van der Waals surface area contributed by atoms with Gasteiger partial charge in [0.2, 0.25) is 5.91 Å². The second kappa shape index (κ2) is 8.39. The maximum absolute atomic E-state index is 12.9. The Bertz CT molecular complexity index is 973. The van der Waals surface area contributed by atoms with Gasteiger partial charge in [-0.25, -0.2) is 0 Å². The number of hydrogen-bond donors (Lipinski definition) is 4. The van der Waals surface area contributed by atoms with Gasteiger partial charge in [0.25, 0.3) is 0 Å². The molecule has 0 saturated carbocycles. The van der Waals surface area contributed by atoms with Crippen molar-refractivity contribution in [1.82, 2.24) is 9.88 Å². The summed E-state index contributed by atoms with van der Waals surface area (Å²) in [6, 6.07) is 2.89. The van der Waals surface area contributed by atoms with Crippen molar-refractivity contribution in [2.75, 3.05) is 17.6 Å². The van der Waals surface area contributed by atoms with Crippen molar-refractivity contribution in [2.45, 2.75) is 25.8 Å². The summed E-state index contributed by atoms with van der Waals surface area (Å²) in [6.07, 6.45) is 5.42. The van der Waals surface area contributed by atoms with Crippen molar-refractivity contribution in [3.63, 3.8) is 0 Å². The molecule has 29 heavy (non-hydrogen) atoms. The molecule has 1 fully saturated rings. The van der Waals surface area contributed by atoms with E-state index in [1.807, 2.05) is 6.92 Å². The highest BCUT2D eigenvalue weighted by Gasteiger charge is 2.35. The number of pyridine rings is 1. The molecule has 0 aromatic carbocycles. The summed E-state index contributed by atoms with van der Waals surface area (Å²) < 4.78 is 0. The monoisotopic (exact) mass is 414 g/mol. The number of amides is 3. The number of anilines is 2. The number of likely N-dealkylation sites (tertiary alicyclic amines) is 1. The highest BCUT2D eigenvalue weighted by molar-refractivity contribution is 7.16. The molecule has 2 aromatic heterocycles. The normalized spacial score (nSPS) is 18.9. The lowest BCUT2D eigenvalue weighted by Crippen LogP contribution is -2.46. The number of carbonyl (C=O) groups excluding carboxylic acids is 3. The van der Waals surface area contributed by atoms with Crippen LogP contribution < -0.4 is 16.8 Å². The van der Waals surface area contributed by atoms with Gasteiger partial charge in [0.15, 0.2) is 0 Å². The number of carbonyl (C=O) groups is 3. The van der Waals surface area contributed by atoms with Gasteiger partial charge in [0, 0.05) is 29.4 Å². The maximum Gasteiger partial charge on any atom is 0.313 e. The quantitative estimate of drug-likeness (QED) is 0.443. The second-order valence-electron chi connectivity index (χ2n) is 7.05. The average Bonchev–Trinajstić information content (AvgIpc) is 3.07. The van der Waals surface area contributed by atoms with Crippen molar-refractivity contribution in [2.24, 2.45) is 11.7 Å². The van der Waals surface area contributed by atoms with Crippen LogP contribution in [0.4, 0.5) is 10.7 Å². The minimum Gasteiger partial charge on any atom is -0.390 e. The Kier molecular flexibility index (Phi) is 5.92. The number of nitrogen functional groups attached to an aromatic ring is 1. The smallest absolute Gasteiger partial charge is 0.313 e. The molecule has 2 atom stereocenters. The highest BCUT2D eigenvalue weighted by atomic mass is 32.1. The number of nitrogens with zero attached hydrogens (tertiary/aromatic N) is 2. The zero-order valence-electron chi connectivity index (χ0n) is 15.8. The fourth-order valence-electron chi connectivity index (χ4n) is 3.35. The van der Waals surface area contributed by atoms with E-state index in [0.717, 1.165) is 11.3 Å². The van der Waals surface area contributed by atoms with Crippen LogP contribution in [0, 0.1) is 11.3 Å². The molecule has 6 N–H and O–H groups in total. The molecule has 0 bridgehead atoms. The van der Waals surface area contributed by atoms with Gasteiger partial charge in [0.05, 0.1) is 28.5 Å². The molecule has 0 radical (unpaired) electrons. The number of nitrogens with one attached hydrogen (secondary N) is 2. The Balaban J connectivity index is 1.81. The molecule has 1 aliphatic heterocycles. The molecular formula is C19H22N6O3S. The third-order valence-corrected chi connectivity index (χ3v) is 5.93. The number of rotatable bonds is 4. The Hall–Kier alpha value is -3.27. The molecule has 0 aliphatic carbocycles. The summed E-state index contributed by atoms with van der Waals surface area (Å²) >= 11 is 1.33. The molecule has 1 aliphatic rings. The second-order valence-corrected chi connectivity index (χ2v) is 8.16. The molecule has 10 heteroatoms. The van der Waals surface area contributed by atoms with E-state index in [9.17, 15) is 14.4 Å². The van der Waals surface area contributed by atoms with E-state index in [0.29, 0.717) is 23.5 Å². The molecule has 3 rings (SSSR count). The number of piperidine rings is 1. The summed E-state index contributed by atoms with van der Waals surface area (Å²) in [5.74, 6) is -1.91. The van der Waals surface area contributed by atoms with Crippen LogP contribution in [0.1, 0.15) is 46.6 Å². The zero-order chi connectivity index (χ0) is 21.1. The van der Waals surface area contributed by atoms with E-state index in [1.54, 1.807) is 11.0 Å².